The van der Waals surface area contributed by atoms with Gasteiger partial charge in [-0.15, -0.1) is 0 Å². The first-order valence-electron chi connectivity index (χ1n) is 10.3. The molecule has 1 N–H and O–H groups in total. The van der Waals surface area contributed by atoms with Crippen molar-refractivity contribution in [2.75, 3.05) is 13.1 Å². The molecule has 1 heterocycles. The minimum atomic E-state index is -0.208. The smallest absolute Gasteiger partial charge is 0.311 e. The van der Waals surface area contributed by atoms with Crippen LogP contribution in [0.3, 0.4) is 0 Å². The van der Waals surface area contributed by atoms with Gasteiger partial charge in [-0.25, -0.2) is 4.39 Å². The van der Waals surface area contributed by atoms with Crippen molar-refractivity contribution in [3.63, 3.8) is 0 Å². The summed E-state index contributed by atoms with van der Waals surface area (Å²) in [7, 11) is 0. The molecule has 0 spiro atoms. The van der Waals surface area contributed by atoms with Crippen LogP contribution in [-0.2, 0) is 16.0 Å². The fourth-order valence-electron chi connectivity index (χ4n) is 5.42. The van der Waals surface area contributed by atoms with E-state index in [0.29, 0.717) is 12.5 Å². The molecule has 1 aromatic rings. The molecule has 0 amide bonds. The van der Waals surface area contributed by atoms with Gasteiger partial charge in [0.2, 0.25) is 0 Å². The van der Waals surface area contributed by atoms with E-state index in [1.54, 1.807) is 5.57 Å². The van der Waals surface area contributed by atoms with E-state index >= 15 is 0 Å². The summed E-state index contributed by atoms with van der Waals surface area (Å²) in [5.74, 6) is 0.480. The summed E-state index contributed by atoms with van der Waals surface area (Å²) in [4.78, 5) is 12.5. The summed E-state index contributed by atoms with van der Waals surface area (Å²) in [6.45, 7) is 6.11. The van der Waals surface area contributed by atoms with E-state index in [1.165, 1.54) is 31.4 Å². The van der Waals surface area contributed by atoms with Crippen molar-refractivity contribution in [1.29, 1.82) is 0 Å². The van der Waals surface area contributed by atoms with Crippen LogP contribution in [0.4, 0.5) is 4.39 Å². The van der Waals surface area contributed by atoms with E-state index < -0.39 is 0 Å². The fraction of sp³-hybridized carbons (Fsp3) is 0.609. The normalized spacial score (nSPS) is 35.2. The van der Waals surface area contributed by atoms with Crippen molar-refractivity contribution >= 4 is 5.97 Å². The van der Waals surface area contributed by atoms with E-state index in [9.17, 15) is 9.18 Å². The molecule has 0 aromatic heterocycles. The summed E-state index contributed by atoms with van der Waals surface area (Å²) >= 11 is 0. The van der Waals surface area contributed by atoms with E-state index in [4.69, 9.17) is 4.74 Å². The van der Waals surface area contributed by atoms with E-state index in [-0.39, 0.29) is 35.1 Å². The van der Waals surface area contributed by atoms with Crippen LogP contribution in [0.5, 0.6) is 0 Å². The van der Waals surface area contributed by atoms with Crippen LogP contribution in [0.25, 0.3) is 0 Å². The SMILES string of the molecule is C[C@H]1CCC[C@]2(C)C[C@H]3OC(=O)[C@@H](CNCCc4ccc(F)cc4)[C@H]3C=C12. The lowest BCUT2D eigenvalue weighted by molar-refractivity contribution is -0.145. The second kappa shape index (κ2) is 7.38. The monoisotopic (exact) mass is 371 g/mol. The third-order valence-electron chi connectivity index (χ3n) is 6.95. The Balaban J connectivity index is 1.38. The average Bonchev–Trinajstić information content (AvgIpc) is 2.92. The Bertz CT molecular complexity index is 728. The molecule has 4 rings (SSSR count). The van der Waals surface area contributed by atoms with Gasteiger partial charge in [0, 0.05) is 12.5 Å². The number of rotatable bonds is 5. The number of carbonyl (C=O) groups excluding carboxylic acids is 1. The van der Waals surface area contributed by atoms with E-state index in [1.807, 2.05) is 12.1 Å². The highest BCUT2D eigenvalue weighted by molar-refractivity contribution is 5.76. The Hall–Kier alpha value is -1.68. The minimum Gasteiger partial charge on any atom is -0.461 e. The second-order valence-electron chi connectivity index (χ2n) is 8.92. The van der Waals surface area contributed by atoms with Crippen LogP contribution in [0, 0.1) is 29.0 Å². The summed E-state index contributed by atoms with van der Waals surface area (Å²) in [5, 5.41) is 3.42. The largest absolute Gasteiger partial charge is 0.461 e. The van der Waals surface area contributed by atoms with Gasteiger partial charge in [0.05, 0.1) is 5.92 Å². The number of esters is 1. The number of benzene rings is 1. The van der Waals surface area contributed by atoms with Gasteiger partial charge < -0.3 is 10.1 Å². The summed E-state index contributed by atoms with van der Waals surface area (Å²) in [5.41, 5.74) is 2.87. The lowest BCUT2D eigenvalue weighted by Gasteiger charge is -2.46. The third kappa shape index (κ3) is 3.69. The standard InChI is InChI=1S/C23H30FNO2/c1-15-4-3-10-23(2)13-21-18(12-20(15)23)19(22(26)27-21)14-25-11-9-16-5-7-17(24)8-6-16/h5-8,12,15,18-19,21,25H,3-4,9-11,13-14H2,1-2H3/t15-,18+,19-,21+,23+/m0/s1. The number of halogens is 1. The van der Waals surface area contributed by atoms with Crippen LogP contribution < -0.4 is 5.32 Å². The number of ether oxygens (including phenoxy) is 1. The van der Waals surface area contributed by atoms with Gasteiger partial charge in [-0.05, 0) is 61.3 Å². The predicted molar refractivity (Wildman–Crippen MR) is 104 cm³/mol. The van der Waals surface area contributed by atoms with Crippen LogP contribution in [0.2, 0.25) is 0 Å². The predicted octanol–water partition coefficient (Wildman–Crippen LogP) is 4.27. The Morgan fingerprint density at radius 3 is 2.85 bits per heavy atom. The number of allylic oxidation sites excluding steroid dienone is 1. The molecule has 4 heteroatoms. The van der Waals surface area contributed by atoms with E-state index in [2.05, 4.69) is 25.2 Å². The zero-order valence-electron chi connectivity index (χ0n) is 16.3. The Morgan fingerprint density at radius 2 is 2.07 bits per heavy atom. The first-order chi connectivity index (χ1) is 13.0. The number of hydrogen-bond donors (Lipinski definition) is 1. The average molecular weight is 371 g/mol. The first kappa shape index (κ1) is 18.7. The van der Waals surface area contributed by atoms with Crippen molar-refractivity contribution in [2.45, 2.75) is 52.1 Å². The van der Waals surface area contributed by atoms with Crippen LogP contribution in [-0.4, -0.2) is 25.2 Å². The van der Waals surface area contributed by atoms with Gasteiger partial charge in [-0.3, -0.25) is 4.79 Å². The molecule has 27 heavy (non-hydrogen) atoms. The van der Waals surface area contributed by atoms with E-state index in [0.717, 1.165) is 24.9 Å². The molecule has 1 aromatic carbocycles. The quantitative estimate of drug-likeness (QED) is 0.477. The zero-order chi connectivity index (χ0) is 19.0. The lowest BCUT2D eigenvalue weighted by Crippen LogP contribution is -2.40. The van der Waals surface area contributed by atoms with Crippen molar-refractivity contribution in [1.82, 2.24) is 5.32 Å². The minimum absolute atomic E-state index is 0.0421. The molecule has 3 nitrogen and oxygen atoms in total. The van der Waals surface area contributed by atoms with Gasteiger partial charge in [0.25, 0.3) is 0 Å². The molecule has 2 aliphatic carbocycles. The lowest BCUT2D eigenvalue weighted by atomic mass is 9.59. The molecule has 2 fully saturated rings. The highest BCUT2D eigenvalue weighted by atomic mass is 19.1. The third-order valence-corrected chi connectivity index (χ3v) is 6.95. The molecule has 146 valence electrons. The first-order valence-corrected chi connectivity index (χ1v) is 10.3. The molecule has 1 saturated carbocycles. The summed E-state index contributed by atoms with van der Waals surface area (Å²) < 4.78 is 18.8. The highest BCUT2D eigenvalue weighted by Crippen LogP contribution is 2.53. The maximum Gasteiger partial charge on any atom is 0.311 e. The van der Waals surface area contributed by atoms with Crippen molar-refractivity contribution in [3.05, 3.63) is 47.3 Å². The molecular weight excluding hydrogens is 341 g/mol. The number of hydrogen-bond acceptors (Lipinski definition) is 3. The molecule has 5 atom stereocenters. The zero-order valence-corrected chi connectivity index (χ0v) is 16.3. The van der Waals surface area contributed by atoms with Gasteiger partial charge >= 0.3 is 5.97 Å². The molecule has 0 radical (unpaired) electrons. The van der Waals surface area contributed by atoms with Crippen molar-refractivity contribution in [3.8, 4) is 0 Å². The van der Waals surface area contributed by atoms with Crippen LogP contribution in [0.1, 0.15) is 45.1 Å². The topological polar surface area (TPSA) is 38.3 Å². The van der Waals surface area contributed by atoms with Gasteiger partial charge in [0.1, 0.15) is 11.9 Å². The molecule has 0 bridgehead atoms. The number of carbonyl (C=O) groups is 1. The number of nitrogens with one attached hydrogen (secondary N) is 1. The molecule has 3 aliphatic rings. The maximum absolute atomic E-state index is 13.0. The summed E-state index contributed by atoms with van der Waals surface area (Å²) in [6.07, 6.45) is 7.99. The van der Waals surface area contributed by atoms with Crippen LogP contribution >= 0.6 is 0 Å². The second-order valence-corrected chi connectivity index (χ2v) is 8.92. The molecule has 1 aliphatic heterocycles. The molecule has 1 saturated heterocycles. The van der Waals surface area contributed by atoms with Gasteiger partial charge in [-0.2, -0.15) is 0 Å². The van der Waals surface area contributed by atoms with Crippen molar-refractivity contribution < 1.29 is 13.9 Å². The number of fused-ring (bicyclic) bond motifs is 2. The summed E-state index contributed by atoms with van der Waals surface area (Å²) in [6, 6.07) is 6.61. The molecular formula is C23H30FNO2. The van der Waals surface area contributed by atoms with Crippen molar-refractivity contribution in [2.24, 2.45) is 23.2 Å². The Kier molecular flexibility index (Phi) is 5.11. The maximum atomic E-state index is 13.0. The Morgan fingerprint density at radius 1 is 1.30 bits per heavy atom. The Labute approximate surface area is 161 Å². The van der Waals surface area contributed by atoms with Gasteiger partial charge in [0.15, 0.2) is 0 Å². The fourth-order valence-corrected chi connectivity index (χ4v) is 5.42. The molecule has 0 unspecified atom stereocenters. The van der Waals surface area contributed by atoms with Gasteiger partial charge in [-0.1, -0.05) is 44.1 Å². The highest BCUT2D eigenvalue weighted by Gasteiger charge is 2.51. The van der Waals surface area contributed by atoms with Crippen LogP contribution in [0.15, 0.2) is 35.9 Å².